The van der Waals surface area contributed by atoms with E-state index in [0.29, 0.717) is 11.4 Å². The highest BCUT2D eigenvalue weighted by Crippen LogP contribution is 2.32. The molecule has 1 heterocycles. The van der Waals surface area contributed by atoms with Crippen LogP contribution in [0.5, 0.6) is 11.5 Å². The highest BCUT2D eigenvalue weighted by atomic mass is 127. The fourth-order valence-corrected chi connectivity index (χ4v) is 2.50. The van der Waals surface area contributed by atoms with Gasteiger partial charge in [-0.25, -0.2) is 0 Å². The summed E-state index contributed by atoms with van der Waals surface area (Å²) in [5.41, 5.74) is 1.42. The van der Waals surface area contributed by atoms with Crippen LogP contribution < -0.4 is 4.74 Å². The SMILES string of the molecule is OCc1cc(Oc2ccccc2I)c2ccccc2n1. The van der Waals surface area contributed by atoms with Gasteiger partial charge in [-0.3, -0.25) is 4.98 Å². The molecule has 3 aromatic rings. The summed E-state index contributed by atoms with van der Waals surface area (Å²) in [6, 6.07) is 17.4. The zero-order valence-electron chi connectivity index (χ0n) is 10.6. The van der Waals surface area contributed by atoms with Crippen LogP contribution in [-0.2, 0) is 6.61 Å². The molecule has 4 heteroatoms. The fraction of sp³-hybridized carbons (Fsp3) is 0.0625. The normalized spacial score (nSPS) is 10.7. The highest BCUT2D eigenvalue weighted by molar-refractivity contribution is 14.1. The van der Waals surface area contributed by atoms with E-state index >= 15 is 0 Å². The second kappa shape index (κ2) is 5.76. The molecule has 1 N–H and O–H groups in total. The summed E-state index contributed by atoms with van der Waals surface area (Å²) in [7, 11) is 0. The second-order valence-electron chi connectivity index (χ2n) is 4.32. The lowest BCUT2D eigenvalue weighted by molar-refractivity contribution is 0.276. The summed E-state index contributed by atoms with van der Waals surface area (Å²) < 4.78 is 7.04. The van der Waals surface area contributed by atoms with Gasteiger partial charge in [-0.15, -0.1) is 0 Å². The molecule has 0 saturated carbocycles. The van der Waals surface area contributed by atoms with Crippen molar-refractivity contribution in [2.75, 3.05) is 0 Å². The Morgan fingerprint density at radius 1 is 1.00 bits per heavy atom. The third-order valence-electron chi connectivity index (χ3n) is 2.95. The number of aliphatic hydroxyl groups excluding tert-OH is 1. The van der Waals surface area contributed by atoms with Crippen LogP contribution in [0.2, 0.25) is 0 Å². The van der Waals surface area contributed by atoms with Gasteiger partial charge in [0.15, 0.2) is 0 Å². The number of hydrogen-bond acceptors (Lipinski definition) is 3. The van der Waals surface area contributed by atoms with Gasteiger partial charge in [0, 0.05) is 11.5 Å². The Morgan fingerprint density at radius 2 is 1.75 bits per heavy atom. The van der Waals surface area contributed by atoms with Crippen LogP contribution in [-0.4, -0.2) is 10.1 Å². The van der Waals surface area contributed by atoms with Gasteiger partial charge in [0.1, 0.15) is 11.5 Å². The monoisotopic (exact) mass is 377 g/mol. The molecule has 0 fully saturated rings. The molecule has 0 unspecified atom stereocenters. The molecule has 2 aromatic carbocycles. The van der Waals surface area contributed by atoms with Crippen LogP contribution >= 0.6 is 22.6 Å². The average Bonchev–Trinajstić information content (AvgIpc) is 2.49. The third-order valence-corrected chi connectivity index (χ3v) is 3.84. The molecular weight excluding hydrogens is 365 g/mol. The van der Waals surface area contributed by atoms with E-state index in [9.17, 15) is 5.11 Å². The van der Waals surface area contributed by atoms with Crippen LogP contribution in [0, 0.1) is 3.57 Å². The van der Waals surface area contributed by atoms with Crippen LogP contribution in [0.25, 0.3) is 10.9 Å². The predicted molar refractivity (Wildman–Crippen MR) is 86.9 cm³/mol. The van der Waals surface area contributed by atoms with Crippen molar-refractivity contribution >= 4 is 33.5 Å². The summed E-state index contributed by atoms with van der Waals surface area (Å²) in [6.07, 6.45) is 0. The van der Waals surface area contributed by atoms with Crippen LogP contribution in [0.1, 0.15) is 5.69 Å². The number of ether oxygens (including phenoxy) is 1. The lowest BCUT2D eigenvalue weighted by Gasteiger charge is -2.11. The molecule has 100 valence electrons. The van der Waals surface area contributed by atoms with E-state index < -0.39 is 0 Å². The Kier molecular flexibility index (Phi) is 3.84. The number of nitrogens with zero attached hydrogens (tertiary/aromatic N) is 1. The molecule has 0 amide bonds. The van der Waals surface area contributed by atoms with Crippen molar-refractivity contribution in [1.29, 1.82) is 0 Å². The quantitative estimate of drug-likeness (QED) is 0.699. The van der Waals surface area contributed by atoms with E-state index in [0.717, 1.165) is 20.2 Å². The third kappa shape index (κ3) is 2.62. The Labute approximate surface area is 130 Å². The van der Waals surface area contributed by atoms with E-state index in [2.05, 4.69) is 27.6 Å². The van der Waals surface area contributed by atoms with Gasteiger partial charge in [-0.05, 0) is 46.9 Å². The van der Waals surface area contributed by atoms with Gasteiger partial charge in [0.2, 0.25) is 0 Å². The molecule has 0 saturated heterocycles. The van der Waals surface area contributed by atoms with E-state index in [1.165, 1.54) is 0 Å². The molecule has 0 aliphatic carbocycles. The molecule has 3 nitrogen and oxygen atoms in total. The smallest absolute Gasteiger partial charge is 0.140 e. The number of para-hydroxylation sites is 2. The fourth-order valence-electron chi connectivity index (χ4n) is 2.01. The van der Waals surface area contributed by atoms with Gasteiger partial charge >= 0.3 is 0 Å². The minimum absolute atomic E-state index is 0.104. The van der Waals surface area contributed by atoms with Crippen LogP contribution in [0.4, 0.5) is 0 Å². The standard InChI is InChI=1S/C16H12INO2/c17-13-6-2-4-8-15(13)20-16-9-11(10-19)18-14-7-3-1-5-12(14)16/h1-9,19H,10H2. The van der Waals surface area contributed by atoms with Crippen molar-refractivity contribution in [2.24, 2.45) is 0 Å². The topological polar surface area (TPSA) is 42.4 Å². The summed E-state index contributed by atoms with van der Waals surface area (Å²) in [5, 5.41) is 10.3. The number of hydrogen-bond donors (Lipinski definition) is 1. The predicted octanol–water partition coefficient (Wildman–Crippen LogP) is 4.12. The molecule has 0 radical (unpaired) electrons. The van der Waals surface area contributed by atoms with Gasteiger partial charge < -0.3 is 9.84 Å². The first-order valence-corrected chi connectivity index (χ1v) is 7.28. The summed E-state index contributed by atoms with van der Waals surface area (Å²) in [4.78, 5) is 4.39. The summed E-state index contributed by atoms with van der Waals surface area (Å²) >= 11 is 2.24. The van der Waals surface area contributed by atoms with Crippen molar-refractivity contribution < 1.29 is 9.84 Å². The lowest BCUT2D eigenvalue weighted by Crippen LogP contribution is -1.94. The highest BCUT2D eigenvalue weighted by Gasteiger charge is 2.08. The van der Waals surface area contributed by atoms with E-state index in [1.807, 2.05) is 48.5 Å². The lowest BCUT2D eigenvalue weighted by atomic mass is 10.2. The second-order valence-corrected chi connectivity index (χ2v) is 5.48. The number of pyridine rings is 1. The van der Waals surface area contributed by atoms with Crippen molar-refractivity contribution in [2.45, 2.75) is 6.61 Å². The molecular formula is C16H12INO2. The molecule has 0 aliphatic rings. The zero-order valence-corrected chi connectivity index (χ0v) is 12.7. The largest absolute Gasteiger partial charge is 0.455 e. The molecule has 3 rings (SSSR count). The van der Waals surface area contributed by atoms with Crippen molar-refractivity contribution in [3.63, 3.8) is 0 Å². The number of fused-ring (bicyclic) bond motifs is 1. The number of rotatable bonds is 3. The first kappa shape index (κ1) is 13.3. The summed E-state index contributed by atoms with van der Waals surface area (Å²) in [5.74, 6) is 1.51. The van der Waals surface area contributed by atoms with Gasteiger partial charge in [-0.2, -0.15) is 0 Å². The molecule has 0 atom stereocenters. The number of aliphatic hydroxyl groups is 1. The first-order chi connectivity index (χ1) is 9.78. The zero-order chi connectivity index (χ0) is 13.9. The van der Waals surface area contributed by atoms with Crippen LogP contribution in [0.15, 0.2) is 54.6 Å². The number of aromatic nitrogens is 1. The van der Waals surface area contributed by atoms with Gasteiger partial charge in [-0.1, -0.05) is 24.3 Å². The average molecular weight is 377 g/mol. The van der Waals surface area contributed by atoms with Gasteiger partial charge in [0.05, 0.1) is 21.4 Å². The first-order valence-electron chi connectivity index (χ1n) is 6.20. The van der Waals surface area contributed by atoms with Crippen molar-refractivity contribution in [3.05, 3.63) is 63.9 Å². The van der Waals surface area contributed by atoms with Gasteiger partial charge in [0.25, 0.3) is 0 Å². The number of benzene rings is 2. The Balaban J connectivity index is 2.13. The Morgan fingerprint density at radius 3 is 2.55 bits per heavy atom. The van der Waals surface area contributed by atoms with E-state index in [1.54, 1.807) is 6.07 Å². The minimum atomic E-state index is -0.104. The van der Waals surface area contributed by atoms with E-state index in [4.69, 9.17) is 4.74 Å². The number of halogens is 1. The molecule has 20 heavy (non-hydrogen) atoms. The Hall–Kier alpha value is -1.66. The summed E-state index contributed by atoms with van der Waals surface area (Å²) in [6.45, 7) is -0.104. The maximum atomic E-state index is 9.32. The molecule has 0 spiro atoms. The van der Waals surface area contributed by atoms with Crippen LogP contribution in [0.3, 0.4) is 0 Å². The van der Waals surface area contributed by atoms with Crippen molar-refractivity contribution in [1.82, 2.24) is 4.98 Å². The maximum absolute atomic E-state index is 9.32. The van der Waals surface area contributed by atoms with E-state index in [-0.39, 0.29) is 6.61 Å². The van der Waals surface area contributed by atoms with Crippen molar-refractivity contribution in [3.8, 4) is 11.5 Å². The minimum Gasteiger partial charge on any atom is -0.455 e. The molecule has 1 aromatic heterocycles. The Bertz CT molecular complexity index is 758. The maximum Gasteiger partial charge on any atom is 0.140 e. The molecule has 0 bridgehead atoms. The molecule has 0 aliphatic heterocycles.